The number of hydrogen-bond donors (Lipinski definition) is 1. The molecule has 2 rings (SSSR count). The Morgan fingerprint density at radius 1 is 1.25 bits per heavy atom. The van der Waals surface area contributed by atoms with Gasteiger partial charge < -0.3 is 10.0 Å². The molecule has 0 radical (unpaired) electrons. The third-order valence-corrected chi connectivity index (χ3v) is 4.42. The van der Waals surface area contributed by atoms with Gasteiger partial charge in [-0.15, -0.1) is 0 Å². The van der Waals surface area contributed by atoms with Crippen molar-refractivity contribution in [2.45, 2.75) is 45.6 Å². The Bertz CT molecular complexity index is 433. The Morgan fingerprint density at radius 2 is 2.00 bits per heavy atom. The van der Waals surface area contributed by atoms with Crippen molar-refractivity contribution in [1.82, 2.24) is 4.90 Å². The SMILES string of the molecule is CC1(C)CCCN(CCC(O)c2ccccc2F)CC1. The quantitative estimate of drug-likeness (QED) is 0.907. The van der Waals surface area contributed by atoms with Crippen LogP contribution in [0.5, 0.6) is 0 Å². The Hall–Kier alpha value is -0.930. The van der Waals surface area contributed by atoms with E-state index in [-0.39, 0.29) is 5.82 Å². The van der Waals surface area contributed by atoms with Gasteiger partial charge in [-0.05, 0) is 50.3 Å². The highest BCUT2D eigenvalue weighted by Crippen LogP contribution is 2.30. The first-order valence-electron chi connectivity index (χ1n) is 7.63. The lowest BCUT2D eigenvalue weighted by Gasteiger charge is -2.24. The molecular weight excluding hydrogens is 253 g/mol. The van der Waals surface area contributed by atoms with Crippen molar-refractivity contribution in [3.63, 3.8) is 0 Å². The molecule has 0 saturated carbocycles. The molecule has 0 amide bonds. The number of aliphatic hydroxyl groups excluding tert-OH is 1. The number of hydrogen-bond acceptors (Lipinski definition) is 2. The van der Waals surface area contributed by atoms with E-state index in [1.54, 1.807) is 18.2 Å². The monoisotopic (exact) mass is 279 g/mol. The summed E-state index contributed by atoms with van der Waals surface area (Å²) in [5.41, 5.74) is 0.849. The fraction of sp³-hybridized carbons (Fsp3) is 0.647. The van der Waals surface area contributed by atoms with E-state index in [0.717, 1.165) is 19.6 Å². The van der Waals surface area contributed by atoms with Crippen LogP contribution in [-0.2, 0) is 0 Å². The number of benzene rings is 1. The highest BCUT2D eigenvalue weighted by atomic mass is 19.1. The summed E-state index contributed by atoms with van der Waals surface area (Å²) in [5, 5.41) is 10.1. The zero-order valence-corrected chi connectivity index (χ0v) is 12.6. The van der Waals surface area contributed by atoms with Gasteiger partial charge in [0.2, 0.25) is 0 Å². The van der Waals surface area contributed by atoms with Gasteiger partial charge in [0.25, 0.3) is 0 Å². The summed E-state index contributed by atoms with van der Waals surface area (Å²) >= 11 is 0. The Labute approximate surface area is 121 Å². The summed E-state index contributed by atoms with van der Waals surface area (Å²) in [6, 6.07) is 6.51. The maximum atomic E-state index is 13.6. The molecule has 1 atom stereocenters. The Morgan fingerprint density at radius 3 is 2.75 bits per heavy atom. The summed E-state index contributed by atoms with van der Waals surface area (Å²) in [4.78, 5) is 2.40. The second-order valence-corrected chi connectivity index (χ2v) is 6.69. The fourth-order valence-electron chi connectivity index (χ4n) is 2.91. The minimum Gasteiger partial charge on any atom is -0.388 e. The van der Waals surface area contributed by atoms with Crippen molar-refractivity contribution >= 4 is 0 Å². The van der Waals surface area contributed by atoms with Crippen LogP contribution >= 0.6 is 0 Å². The molecule has 1 fully saturated rings. The van der Waals surface area contributed by atoms with Crippen molar-refractivity contribution < 1.29 is 9.50 Å². The molecule has 1 saturated heterocycles. The van der Waals surface area contributed by atoms with Crippen LogP contribution in [0.15, 0.2) is 24.3 Å². The van der Waals surface area contributed by atoms with Crippen molar-refractivity contribution in [3.05, 3.63) is 35.6 Å². The average molecular weight is 279 g/mol. The maximum absolute atomic E-state index is 13.6. The second-order valence-electron chi connectivity index (χ2n) is 6.69. The minimum atomic E-state index is -0.701. The van der Waals surface area contributed by atoms with E-state index in [0.29, 0.717) is 17.4 Å². The molecule has 112 valence electrons. The fourth-order valence-corrected chi connectivity index (χ4v) is 2.91. The molecule has 1 aromatic carbocycles. The molecule has 0 bridgehead atoms. The molecule has 1 heterocycles. The van der Waals surface area contributed by atoms with Gasteiger partial charge >= 0.3 is 0 Å². The molecule has 0 spiro atoms. The first-order valence-corrected chi connectivity index (χ1v) is 7.63. The number of aliphatic hydroxyl groups is 1. The van der Waals surface area contributed by atoms with E-state index >= 15 is 0 Å². The smallest absolute Gasteiger partial charge is 0.128 e. The number of likely N-dealkylation sites (tertiary alicyclic amines) is 1. The molecule has 0 aliphatic carbocycles. The Balaban J connectivity index is 1.84. The molecule has 0 aromatic heterocycles. The van der Waals surface area contributed by atoms with E-state index < -0.39 is 6.10 Å². The van der Waals surface area contributed by atoms with Gasteiger partial charge in [0.1, 0.15) is 5.82 Å². The van der Waals surface area contributed by atoms with Crippen LogP contribution in [-0.4, -0.2) is 29.6 Å². The van der Waals surface area contributed by atoms with Crippen LogP contribution in [0.1, 0.15) is 51.2 Å². The van der Waals surface area contributed by atoms with Crippen molar-refractivity contribution in [3.8, 4) is 0 Å². The van der Waals surface area contributed by atoms with Gasteiger partial charge in [0, 0.05) is 12.1 Å². The summed E-state index contributed by atoms with van der Waals surface area (Å²) < 4.78 is 13.6. The van der Waals surface area contributed by atoms with Crippen LogP contribution in [0.2, 0.25) is 0 Å². The van der Waals surface area contributed by atoms with E-state index in [4.69, 9.17) is 0 Å². The van der Waals surface area contributed by atoms with Crippen LogP contribution < -0.4 is 0 Å². The Kier molecular flexibility index (Phi) is 5.17. The van der Waals surface area contributed by atoms with Crippen LogP contribution in [0.4, 0.5) is 4.39 Å². The number of halogens is 1. The number of rotatable bonds is 4. The van der Waals surface area contributed by atoms with Gasteiger partial charge in [-0.3, -0.25) is 0 Å². The molecule has 1 aromatic rings. The normalized spacial score (nSPS) is 21.4. The predicted molar refractivity (Wildman–Crippen MR) is 80.0 cm³/mol. The van der Waals surface area contributed by atoms with Crippen LogP contribution in [0.3, 0.4) is 0 Å². The third-order valence-electron chi connectivity index (χ3n) is 4.42. The largest absolute Gasteiger partial charge is 0.388 e. The molecule has 3 heteroatoms. The van der Waals surface area contributed by atoms with Gasteiger partial charge in [0.05, 0.1) is 6.10 Å². The van der Waals surface area contributed by atoms with Crippen molar-refractivity contribution in [2.24, 2.45) is 5.41 Å². The lowest BCUT2D eigenvalue weighted by Crippen LogP contribution is -2.27. The lowest BCUT2D eigenvalue weighted by molar-refractivity contribution is 0.138. The van der Waals surface area contributed by atoms with E-state index in [2.05, 4.69) is 18.7 Å². The number of nitrogens with zero attached hydrogens (tertiary/aromatic N) is 1. The molecule has 1 N–H and O–H groups in total. The van der Waals surface area contributed by atoms with Gasteiger partial charge in [-0.1, -0.05) is 32.0 Å². The van der Waals surface area contributed by atoms with E-state index in [1.807, 2.05) is 0 Å². The lowest BCUT2D eigenvalue weighted by atomic mass is 9.85. The third kappa shape index (κ3) is 4.29. The molecule has 1 aliphatic heterocycles. The minimum absolute atomic E-state index is 0.308. The summed E-state index contributed by atoms with van der Waals surface area (Å²) in [6.45, 7) is 7.66. The highest BCUT2D eigenvalue weighted by Gasteiger charge is 2.23. The standard InChI is InChI=1S/C17H26FNO/c1-17(2)9-5-11-19(13-10-17)12-8-16(20)14-6-3-4-7-15(14)18/h3-4,6-7,16,20H,5,8-13H2,1-2H3. The molecule has 1 unspecified atom stereocenters. The van der Waals surface area contributed by atoms with Gasteiger partial charge in [-0.25, -0.2) is 4.39 Å². The first kappa shape index (κ1) is 15.5. The van der Waals surface area contributed by atoms with E-state index in [1.165, 1.54) is 25.3 Å². The predicted octanol–water partition coefficient (Wildman–Crippen LogP) is 3.76. The van der Waals surface area contributed by atoms with Gasteiger partial charge in [-0.2, -0.15) is 0 Å². The van der Waals surface area contributed by atoms with Crippen LogP contribution in [0.25, 0.3) is 0 Å². The van der Waals surface area contributed by atoms with Gasteiger partial charge in [0.15, 0.2) is 0 Å². The second kappa shape index (κ2) is 6.68. The van der Waals surface area contributed by atoms with Crippen molar-refractivity contribution in [2.75, 3.05) is 19.6 Å². The van der Waals surface area contributed by atoms with Crippen molar-refractivity contribution in [1.29, 1.82) is 0 Å². The topological polar surface area (TPSA) is 23.5 Å². The molecule has 2 nitrogen and oxygen atoms in total. The average Bonchev–Trinajstić information content (AvgIpc) is 2.57. The molecular formula is C17H26FNO. The molecule has 1 aliphatic rings. The van der Waals surface area contributed by atoms with Crippen LogP contribution in [0, 0.1) is 11.2 Å². The summed E-state index contributed by atoms with van der Waals surface area (Å²) in [7, 11) is 0. The first-order chi connectivity index (χ1) is 9.48. The highest BCUT2D eigenvalue weighted by molar-refractivity contribution is 5.19. The zero-order chi connectivity index (χ0) is 14.6. The van der Waals surface area contributed by atoms with E-state index in [9.17, 15) is 9.50 Å². The zero-order valence-electron chi connectivity index (χ0n) is 12.6. The molecule has 20 heavy (non-hydrogen) atoms. The summed E-state index contributed by atoms with van der Waals surface area (Å²) in [6.07, 6.45) is 3.57. The summed E-state index contributed by atoms with van der Waals surface area (Å²) in [5.74, 6) is -0.308. The maximum Gasteiger partial charge on any atom is 0.128 e.